The minimum absolute atomic E-state index is 0.196. The van der Waals surface area contributed by atoms with Crippen LogP contribution in [0.15, 0.2) is 65.1 Å². The summed E-state index contributed by atoms with van der Waals surface area (Å²) in [6.07, 6.45) is 0. The largest absolute Gasteiger partial charge is 0.506 e. The van der Waals surface area contributed by atoms with Gasteiger partial charge in [0.15, 0.2) is 11.0 Å². The predicted molar refractivity (Wildman–Crippen MR) is 109 cm³/mol. The standard InChI is InChI=1S/C21H18ClN2O2S/c1-13-14(2)27-20-18(13)19(25)24(16-9-4-3-5-10-16)21(26)23(20)12-15-8-6-7-11-17(15)22/h3-11,18H,12H2,1-2H3/q+1. The third-order valence-electron chi connectivity index (χ3n) is 4.95. The number of nitrogens with zero attached hydrogens (tertiary/aromatic N) is 2. The second kappa shape index (κ2) is 6.98. The van der Waals surface area contributed by atoms with Crippen LogP contribution in [0.2, 0.25) is 5.02 Å². The molecule has 4 rings (SSSR count). The number of allylic oxidation sites excluding steroid dienone is 1. The lowest BCUT2D eigenvalue weighted by Gasteiger charge is -2.25. The molecule has 4 nitrogen and oxygen atoms in total. The van der Waals surface area contributed by atoms with Crippen molar-refractivity contribution in [1.29, 1.82) is 0 Å². The number of rotatable bonds is 3. The Morgan fingerprint density at radius 2 is 1.70 bits per heavy atom. The minimum atomic E-state index is -0.421. The molecule has 2 heterocycles. The van der Waals surface area contributed by atoms with Gasteiger partial charge in [-0.2, -0.15) is 9.37 Å². The fourth-order valence-electron chi connectivity index (χ4n) is 3.38. The summed E-state index contributed by atoms with van der Waals surface area (Å²) in [5.41, 5.74) is 2.43. The number of fused-ring (bicyclic) bond motifs is 1. The van der Waals surface area contributed by atoms with Crippen molar-refractivity contribution in [2.75, 3.05) is 4.90 Å². The Morgan fingerprint density at radius 3 is 2.41 bits per heavy atom. The lowest BCUT2D eigenvalue weighted by atomic mass is 9.97. The minimum Gasteiger partial charge on any atom is -0.245 e. The van der Waals surface area contributed by atoms with Crippen LogP contribution in [0.3, 0.4) is 0 Å². The first kappa shape index (κ1) is 18.0. The fraction of sp³-hybridized carbons (Fsp3) is 0.190. The van der Waals surface area contributed by atoms with E-state index in [4.69, 9.17) is 11.6 Å². The van der Waals surface area contributed by atoms with Crippen LogP contribution in [0, 0.1) is 5.92 Å². The maximum Gasteiger partial charge on any atom is 0.506 e. The second-order valence-electron chi connectivity index (χ2n) is 6.58. The van der Waals surface area contributed by atoms with Gasteiger partial charge in [-0.25, -0.2) is 4.79 Å². The summed E-state index contributed by atoms with van der Waals surface area (Å²) in [6, 6.07) is 16.2. The summed E-state index contributed by atoms with van der Waals surface area (Å²) in [5.74, 6) is -0.617. The fourth-order valence-corrected chi connectivity index (χ4v) is 4.82. The van der Waals surface area contributed by atoms with Crippen molar-refractivity contribution < 1.29 is 14.2 Å². The van der Waals surface area contributed by atoms with Crippen molar-refractivity contribution in [3.8, 4) is 0 Å². The maximum absolute atomic E-state index is 13.3. The van der Waals surface area contributed by atoms with Crippen molar-refractivity contribution in [1.82, 2.24) is 0 Å². The molecule has 136 valence electrons. The summed E-state index contributed by atoms with van der Waals surface area (Å²) >= 11 is 7.83. The molecule has 0 fully saturated rings. The number of para-hydroxylation sites is 1. The van der Waals surface area contributed by atoms with Gasteiger partial charge in [-0.05, 0) is 42.5 Å². The van der Waals surface area contributed by atoms with Gasteiger partial charge in [0.1, 0.15) is 12.2 Å². The lowest BCUT2D eigenvalue weighted by molar-refractivity contribution is -0.443. The third kappa shape index (κ3) is 3.01. The van der Waals surface area contributed by atoms with E-state index in [-0.39, 0.29) is 11.9 Å². The van der Waals surface area contributed by atoms with Crippen molar-refractivity contribution >= 4 is 46.0 Å². The van der Waals surface area contributed by atoms with E-state index in [1.54, 1.807) is 16.7 Å². The number of carbonyl (C=O) groups excluding carboxylic acids is 2. The molecule has 0 bridgehead atoms. The molecule has 1 unspecified atom stereocenters. The van der Waals surface area contributed by atoms with Crippen LogP contribution in [0.25, 0.3) is 0 Å². The highest BCUT2D eigenvalue weighted by atomic mass is 35.5. The van der Waals surface area contributed by atoms with Crippen LogP contribution in [-0.2, 0) is 11.3 Å². The Hall–Kier alpha value is -2.37. The summed E-state index contributed by atoms with van der Waals surface area (Å²) in [5, 5.41) is 1.38. The summed E-state index contributed by atoms with van der Waals surface area (Å²) in [6.45, 7) is 4.28. The van der Waals surface area contributed by atoms with Crippen molar-refractivity contribution in [2.45, 2.75) is 20.4 Å². The molecule has 0 saturated heterocycles. The normalized spacial score (nSPS) is 19.8. The van der Waals surface area contributed by atoms with Gasteiger partial charge in [-0.3, -0.25) is 0 Å². The zero-order chi connectivity index (χ0) is 19.1. The SMILES string of the molecule is CC1=C(C)C2C(=O)N(c3ccccc3)C(=O)[N+](Cc3ccccc3Cl)=C2S1. The molecule has 0 radical (unpaired) electrons. The van der Waals surface area contributed by atoms with Crippen LogP contribution >= 0.6 is 23.4 Å². The van der Waals surface area contributed by atoms with Crippen LogP contribution in [0.4, 0.5) is 10.5 Å². The second-order valence-corrected chi connectivity index (χ2v) is 8.22. The Labute approximate surface area is 167 Å². The molecule has 6 heteroatoms. The number of hydrogen-bond acceptors (Lipinski definition) is 3. The number of imide groups is 1. The zero-order valence-corrected chi connectivity index (χ0v) is 16.6. The van der Waals surface area contributed by atoms with E-state index in [9.17, 15) is 9.59 Å². The molecular weight excluding hydrogens is 380 g/mol. The van der Waals surface area contributed by atoms with Crippen LogP contribution < -0.4 is 4.90 Å². The summed E-state index contributed by atoms with van der Waals surface area (Å²) < 4.78 is 1.69. The number of benzene rings is 2. The zero-order valence-electron chi connectivity index (χ0n) is 15.0. The van der Waals surface area contributed by atoms with Gasteiger partial charge >= 0.3 is 11.9 Å². The average molecular weight is 398 g/mol. The van der Waals surface area contributed by atoms with Crippen molar-refractivity contribution in [2.24, 2.45) is 5.92 Å². The van der Waals surface area contributed by atoms with E-state index in [1.807, 2.05) is 56.3 Å². The Balaban J connectivity index is 1.85. The molecule has 0 aliphatic carbocycles. The number of amides is 3. The van der Waals surface area contributed by atoms with Crippen molar-refractivity contribution in [3.05, 3.63) is 75.7 Å². The molecule has 2 aliphatic heterocycles. The van der Waals surface area contributed by atoms with Gasteiger partial charge in [0.25, 0.3) is 0 Å². The van der Waals surface area contributed by atoms with Gasteiger partial charge < -0.3 is 0 Å². The highest BCUT2D eigenvalue weighted by Gasteiger charge is 2.52. The van der Waals surface area contributed by atoms with E-state index in [0.29, 0.717) is 17.3 Å². The van der Waals surface area contributed by atoms with Gasteiger partial charge in [0.2, 0.25) is 0 Å². The number of halogens is 1. The highest BCUT2D eigenvalue weighted by molar-refractivity contribution is 8.17. The molecule has 2 aromatic rings. The average Bonchev–Trinajstić information content (AvgIpc) is 2.96. The Morgan fingerprint density at radius 1 is 1.04 bits per heavy atom. The molecule has 2 aromatic carbocycles. The maximum atomic E-state index is 13.3. The first-order chi connectivity index (χ1) is 13.0. The van der Waals surface area contributed by atoms with Gasteiger partial charge in [-0.15, -0.1) is 4.90 Å². The van der Waals surface area contributed by atoms with E-state index in [2.05, 4.69) is 0 Å². The molecule has 2 aliphatic rings. The molecule has 3 amide bonds. The van der Waals surface area contributed by atoms with Crippen molar-refractivity contribution in [3.63, 3.8) is 0 Å². The molecule has 27 heavy (non-hydrogen) atoms. The van der Waals surface area contributed by atoms with E-state index >= 15 is 0 Å². The molecule has 1 atom stereocenters. The third-order valence-corrected chi connectivity index (χ3v) is 6.61. The van der Waals surface area contributed by atoms with Crippen LogP contribution in [0.1, 0.15) is 19.4 Å². The summed E-state index contributed by atoms with van der Waals surface area (Å²) in [4.78, 5) is 28.9. The Bertz CT molecular complexity index is 1010. The highest BCUT2D eigenvalue weighted by Crippen LogP contribution is 2.42. The number of urea groups is 1. The molecule has 0 spiro atoms. The number of thioether (sulfide) groups is 1. The Kier molecular flexibility index (Phi) is 4.66. The summed E-state index contributed by atoms with van der Waals surface area (Å²) in [7, 11) is 0. The first-order valence-electron chi connectivity index (χ1n) is 8.65. The van der Waals surface area contributed by atoms with Crippen LogP contribution in [-0.4, -0.2) is 21.6 Å². The quantitative estimate of drug-likeness (QED) is 0.678. The van der Waals surface area contributed by atoms with Crippen LogP contribution in [0.5, 0.6) is 0 Å². The van der Waals surface area contributed by atoms with Gasteiger partial charge in [0.05, 0.1) is 0 Å². The lowest BCUT2D eigenvalue weighted by Crippen LogP contribution is -2.53. The van der Waals surface area contributed by atoms with Gasteiger partial charge in [-0.1, -0.05) is 59.8 Å². The predicted octanol–water partition coefficient (Wildman–Crippen LogP) is 5.07. The van der Waals surface area contributed by atoms with E-state index < -0.39 is 5.92 Å². The molecule has 0 N–H and O–H groups in total. The number of hydrogen-bond donors (Lipinski definition) is 0. The van der Waals surface area contributed by atoms with Gasteiger partial charge in [0, 0.05) is 10.6 Å². The topological polar surface area (TPSA) is 40.4 Å². The monoisotopic (exact) mass is 397 g/mol. The molecule has 0 aromatic heterocycles. The molecule has 0 saturated carbocycles. The smallest absolute Gasteiger partial charge is 0.245 e. The van der Waals surface area contributed by atoms with E-state index in [1.165, 1.54) is 16.7 Å². The number of anilines is 1. The number of carbonyl (C=O) groups is 2. The first-order valence-corrected chi connectivity index (χ1v) is 9.84. The van der Waals surface area contributed by atoms with E-state index in [0.717, 1.165) is 21.1 Å². The molecular formula is C21H18ClN2O2S+.